The molecule has 1 fully saturated rings. The maximum Gasteiger partial charge on any atom is 0.410 e. The fourth-order valence-electron chi connectivity index (χ4n) is 3.00. The first-order chi connectivity index (χ1) is 12.4. The van der Waals surface area contributed by atoms with Crippen LogP contribution in [0, 0.1) is 0 Å². The van der Waals surface area contributed by atoms with Crippen LogP contribution in [0.2, 0.25) is 0 Å². The summed E-state index contributed by atoms with van der Waals surface area (Å²) in [4.78, 5) is 23.2. The van der Waals surface area contributed by atoms with Crippen molar-refractivity contribution in [2.24, 2.45) is 0 Å². The number of benzene rings is 1. The van der Waals surface area contributed by atoms with Crippen molar-refractivity contribution in [3.8, 4) is 5.88 Å². The number of nitrogens with zero attached hydrogens (tertiary/aromatic N) is 3. The largest absolute Gasteiger partial charge is 0.478 e. The first-order valence-corrected chi connectivity index (χ1v) is 8.91. The number of ether oxygens (including phenoxy) is 2. The highest BCUT2D eigenvalue weighted by atomic mass is 16.6. The van der Waals surface area contributed by atoms with E-state index >= 15 is 0 Å². The summed E-state index contributed by atoms with van der Waals surface area (Å²) in [6, 6.07) is 7.74. The van der Waals surface area contributed by atoms with Crippen LogP contribution in [0.1, 0.15) is 33.6 Å². The van der Waals surface area contributed by atoms with Gasteiger partial charge < -0.3 is 19.7 Å². The maximum absolute atomic E-state index is 12.3. The van der Waals surface area contributed by atoms with E-state index in [1.165, 1.54) is 0 Å². The minimum Gasteiger partial charge on any atom is -0.478 e. The summed E-state index contributed by atoms with van der Waals surface area (Å²) in [6.45, 7) is 6.89. The van der Waals surface area contributed by atoms with Crippen molar-refractivity contribution < 1.29 is 14.3 Å². The molecule has 0 spiro atoms. The van der Waals surface area contributed by atoms with Crippen LogP contribution < -0.4 is 10.1 Å². The number of para-hydroxylation sites is 2. The number of nitrogens with one attached hydrogen (secondary N) is 1. The number of carbonyl (C=O) groups excluding carboxylic acids is 1. The van der Waals surface area contributed by atoms with Crippen molar-refractivity contribution in [3.63, 3.8) is 0 Å². The molecule has 1 aliphatic rings. The number of methoxy groups -OCH3 is 1. The Morgan fingerprint density at radius 1 is 1.23 bits per heavy atom. The molecule has 1 aromatic heterocycles. The summed E-state index contributed by atoms with van der Waals surface area (Å²) < 4.78 is 10.9. The Hall–Kier alpha value is -2.57. The second kappa shape index (κ2) is 7.35. The number of hydrogen-bond donors (Lipinski definition) is 1. The Morgan fingerprint density at radius 3 is 2.58 bits per heavy atom. The molecule has 140 valence electrons. The van der Waals surface area contributed by atoms with Gasteiger partial charge in [-0.1, -0.05) is 12.1 Å². The van der Waals surface area contributed by atoms with Gasteiger partial charge in [0.1, 0.15) is 5.60 Å². The number of rotatable bonds is 3. The summed E-state index contributed by atoms with van der Waals surface area (Å²) in [5.41, 5.74) is 1.09. The standard InChI is InChI=1S/C19H26N4O3/c1-19(2,3)26-18(24)23-11-7-8-13(12-23)20-16-17(25-4)22-15-10-6-5-9-14(15)21-16/h5-6,9-10,13H,7-8,11-12H2,1-4H3,(H,20,21). The van der Waals surface area contributed by atoms with Gasteiger partial charge in [0.2, 0.25) is 0 Å². The second-order valence-corrected chi connectivity index (χ2v) is 7.48. The molecule has 0 saturated carbocycles. The molecular formula is C19H26N4O3. The first-order valence-electron chi connectivity index (χ1n) is 8.91. The number of piperidine rings is 1. The van der Waals surface area contributed by atoms with Crippen LogP contribution in [0.25, 0.3) is 11.0 Å². The summed E-state index contributed by atoms with van der Waals surface area (Å²) in [6.07, 6.45) is 1.57. The fourth-order valence-corrected chi connectivity index (χ4v) is 3.00. The molecule has 1 aromatic carbocycles. The van der Waals surface area contributed by atoms with Crippen molar-refractivity contribution in [2.45, 2.75) is 45.3 Å². The molecule has 26 heavy (non-hydrogen) atoms. The molecule has 2 heterocycles. The zero-order valence-electron chi connectivity index (χ0n) is 15.8. The number of anilines is 1. The van der Waals surface area contributed by atoms with Gasteiger partial charge in [0.25, 0.3) is 5.88 Å². The Kier molecular flexibility index (Phi) is 5.15. The van der Waals surface area contributed by atoms with E-state index in [9.17, 15) is 4.79 Å². The third kappa shape index (κ3) is 4.33. The zero-order valence-corrected chi connectivity index (χ0v) is 15.8. The lowest BCUT2D eigenvalue weighted by atomic mass is 10.1. The van der Waals surface area contributed by atoms with Gasteiger partial charge in [0, 0.05) is 19.1 Å². The van der Waals surface area contributed by atoms with E-state index in [0.717, 1.165) is 23.9 Å². The average molecular weight is 358 g/mol. The van der Waals surface area contributed by atoms with Crippen molar-refractivity contribution in [1.29, 1.82) is 0 Å². The lowest BCUT2D eigenvalue weighted by Crippen LogP contribution is -2.47. The highest BCUT2D eigenvalue weighted by Crippen LogP contribution is 2.25. The Bertz CT molecular complexity index is 788. The van der Waals surface area contributed by atoms with Gasteiger partial charge in [-0.3, -0.25) is 0 Å². The highest BCUT2D eigenvalue weighted by molar-refractivity contribution is 5.77. The number of aromatic nitrogens is 2. The minimum absolute atomic E-state index is 0.0700. The predicted molar refractivity (Wildman–Crippen MR) is 101 cm³/mol. The third-order valence-corrected chi connectivity index (χ3v) is 4.15. The van der Waals surface area contributed by atoms with Crippen LogP contribution in [-0.2, 0) is 4.74 Å². The molecule has 7 heteroatoms. The molecule has 0 bridgehead atoms. The molecule has 0 aliphatic carbocycles. The Morgan fingerprint density at radius 2 is 1.92 bits per heavy atom. The quantitative estimate of drug-likeness (QED) is 0.906. The van der Waals surface area contributed by atoms with E-state index in [1.807, 2.05) is 45.0 Å². The van der Waals surface area contributed by atoms with Crippen LogP contribution in [0.3, 0.4) is 0 Å². The van der Waals surface area contributed by atoms with Crippen molar-refractivity contribution in [2.75, 3.05) is 25.5 Å². The molecule has 1 atom stereocenters. The van der Waals surface area contributed by atoms with Gasteiger partial charge in [-0.15, -0.1) is 0 Å². The molecule has 1 amide bonds. The van der Waals surface area contributed by atoms with Gasteiger partial charge in [0.15, 0.2) is 5.82 Å². The molecule has 1 unspecified atom stereocenters. The minimum atomic E-state index is -0.496. The van der Waals surface area contributed by atoms with Gasteiger partial charge in [-0.05, 0) is 45.7 Å². The van der Waals surface area contributed by atoms with E-state index in [2.05, 4.69) is 15.3 Å². The van der Waals surface area contributed by atoms with Crippen LogP contribution in [0.15, 0.2) is 24.3 Å². The monoisotopic (exact) mass is 358 g/mol. The Balaban J connectivity index is 1.74. The van der Waals surface area contributed by atoms with Gasteiger partial charge in [-0.25, -0.2) is 14.8 Å². The number of carbonyl (C=O) groups is 1. The third-order valence-electron chi connectivity index (χ3n) is 4.15. The van der Waals surface area contributed by atoms with Crippen LogP contribution >= 0.6 is 0 Å². The van der Waals surface area contributed by atoms with Crippen LogP contribution in [0.5, 0.6) is 5.88 Å². The molecule has 3 rings (SSSR count). The highest BCUT2D eigenvalue weighted by Gasteiger charge is 2.28. The summed E-state index contributed by atoms with van der Waals surface area (Å²) in [5, 5.41) is 3.39. The maximum atomic E-state index is 12.3. The first kappa shape index (κ1) is 18.2. The van der Waals surface area contributed by atoms with Crippen molar-refractivity contribution in [1.82, 2.24) is 14.9 Å². The van der Waals surface area contributed by atoms with Crippen molar-refractivity contribution in [3.05, 3.63) is 24.3 Å². The second-order valence-electron chi connectivity index (χ2n) is 7.48. The predicted octanol–water partition coefficient (Wildman–Crippen LogP) is 3.45. The topological polar surface area (TPSA) is 76.6 Å². The summed E-state index contributed by atoms with van der Waals surface area (Å²) in [5.74, 6) is 1.06. The van der Waals surface area contributed by atoms with E-state index in [0.29, 0.717) is 24.8 Å². The Labute approximate surface area is 153 Å². The molecule has 1 N–H and O–H groups in total. The van der Waals surface area contributed by atoms with E-state index in [-0.39, 0.29) is 12.1 Å². The van der Waals surface area contributed by atoms with Gasteiger partial charge >= 0.3 is 6.09 Å². The fraction of sp³-hybridized carbons (Fsp3) is 0.526. The average Bonchev–Trinajstić information content (AvgIpc) is 2.60. The summed E-state index contributed by atoms with van der Waals surface area (Å²) >= 11 is 0. The molecule has 0 radical (unpaired) electrons. The smallest absolute Gasteiger partial charge is 0.410 e. The summed E-state index contributed by atoms with van der Waals surface area (Å²) in [7, 11) is 1.58. The van der Waals surface area contributed by atoms with Gasteiger partial charge in [-0.2, -0.15) is 0 Å². The van der Waals surface area contributed by atoms with E-state index < -0.39 is 5.60 Å². The van der Waals surface area contributed by atoms with Crippen LogP contribution in [0.4, 0.5) is 10.6 Å². The lowest BCUT2D eigenvalue weighted by Gasteiger charge is -2.34. The number of amides is 1. The van der Waals surface area contributed by atoms with Crippen LogP contribution in [-0.4, -0.2) is 52.8 Å². The molecule has 1 aliphatic heterocycles. The number of fused-ring (bicyclic) bond motifs is 1. The lowest BCUT2D eigenvalue weighted by molar-refractivity contribution is 0.0206. The number of likely N-dealkylation sites (tertiary alicyclic amines) is 1. The zero-order chi connectivity index (χ0) is 18.7. The van der Waals surface area contributed by atoms with Crippen molar-refractivity contribution >= 4 is 22.9 Å². The van der Waals surface area contributed by atoms with E-state index in [1.54, 1.807) is 12.0 Å². The molecule has 7 nitrogen and oxygen atoms in total. The van der Waals surface area contributed by atoms with E-state index in [4.69, 9.17) is 9.47 Å². The molecular weight excluding hydrogens is 332 g/mol. The SMILES string of the molecule is COc1nc2ccccc2nc1NC1CCCN(C(=O)OC(C)(C)C)C1. The number of hydrogen-bond acceptors (Lipinski definition) is 6. The molecule has 2 aromatic rings. The van der Waals surface area contributed by atoms with Gasteiger partial charge in [0.05, 0.1) is 18.1 Å². The normalized spacial score (nSPS) is 17.8. The molecule has 1 saturated heterocycles.